The number of rotatable bonds is 5. The standard InChI is InChI=1S/C21H26N2O9/c1-9-13(7-6-11-8-12(23-10(2)24)18(26)30-15(9)11)29-19-14(25)16(31-20(22)27)17(28-5)21(3,4)32-19/h6-8,14,16-17,19,25H,1-5H3,(H2,22,27)(H,23,24)/t14?,16-,17+,19+/m0/s1. The largest absolute Gasteiger partial charge is 0.462 e. The van der Waals surface area contributed by atoms with Crippen LogP contribution in [0.1, 0.15) is 26.3 Å². The number of ether oxygens (including phenoxy) is 4. The first kappa shape index (κ1) is 23.5. The number of hydrogen-bond donors (Lipinski definition) is 3. The highest BCUT2D eigenvalue weighted by atomic mass is 16.7. The second-order valence-corrected chi connectivity index (χ2v) is 7.99. The van der Waals surface area contributed by atoms with Crippen LogP contribution in [0.3, 0.4) is 0 Å². The number of fused-ring (bicyclic) bond motifs is 1. The first-order valence-corrected chi connectivity index (χ1v) is 9.81. The number of methoxy groups -OCH3 is 1. The van der Waals surface area contributed by atoms with Crippen molar-refractivity contribution in [2.45, 2.75) is 57.9 Å². The average molecular weight is 450 g/mol. The maximum atomic E-state index is 12.2. The molecule has 0 saturated carbocycles. The molecule has 3 rings (SSSR count). The predicted octanol–water partition coefficient (Wildman–Crippen LogP) is 1.41. The van der Waals surface area contributed by atoms with Crippen LogP contribution in [-0.4, -0.2) is 54.4 Å². The normalized spacial score (nSPS) is 24.7. The summed E-state index contributed by atoms with van der Waals surface area (Å²) in [4.78, 5) is 34.8. The first-order chi connectivity index (χ1) is 14.9. The topological polar surface area (TPSA) is 160 Å². The van der Waals surface area contributed by atoms with Crippen molar-refractivity contribution >= 4 is 28.7 Å². The molecule has 11 heteroatoms. The quantitative estimate of drug-likeness (QED) is 0.572. The molecule has 1 saturated heterocycles. The van der Waals surface area contributed by atoms with Crippen molar-refractivity contribution in [3.05, 3.63) is 34.2 Å². The molecule has 0 aliphatic carbocycles. The third-order valence-corrected chi connectivity index (χ3v) is 5.18. The van der Waals surface area contributed by atoms with E-state index in [9.17, 15) is 19.5 Å². The van der Waals surface area contributed by atoms with E-state index in [1.807, 2.05) is 0 Å². The van der Waals surface area contributed by atoms with Gasteiger partial charge in [0.2, 0.25) is 12.2 Å². The molecule has 1 fully saturated rings. The molecule has 0 bridgehead atoms. The Hall–Kier alpha value is -3.15. The molecule has 4 atom stereocenters. The Labute approximate surface area is 183 Å². The number of aryl methyl sites for hydroxylation is 1. The fraction of sp³-hybridized carbons (Fsp3) is 0.476. The van der Waals surface area contributed by atoms with Gasteiger partial charge < -0.3 is 39.5 Å². The predicted molar refractivity (Wildman–Crippen MR) is 112 cm³/mol. The summed E-state index contributed by atoms with van der Waals surface area (Å²) in [5.41, 5.74) is 4.14. The fourth-order valence-electron chi connectivity index (χ4n) is 3.78. The van der Waals surface area contributed by atoms with Gasteiger partial charge in [0.25, 0.3) is 0 Å². The van der Waals surface area contributed by atoms with Gasteiger partial charge in [-0.15, -0.1) is 0 Å². The van der Waals surface area contributed by atoms with E-state index in [1.54, 1.807) is 32.9 Å². The van der Waals surface area contributed by atoms with Gasteiger partial charge in [0.1, 0.15) is 23.1 Å². The van der Waals surface area contributed by atoms with Crippen LogP contribution in [0, 0.1) is 6.92 Å². The summed E-state index contributed by atoms with van der Waals surface area (Å²) in [5, 5.41) is 13.7. The Morgan fingerprint density at radius 1 is 1.28 bits per heavy atom. The third-order valence-electron chi connectivity index (χ3n) is 5.18. The second kappa shape index (κ2) is 8.77. The van der Waals surface area contributed by atoms with Crippen molar-refractivity contribution in [1.82, 2.24) is 0 Å². The molecule has 1 aromatic carbocycles. The summed E-state index contributed by atoms with van der Waals surface area (Å²) in [6, 6.07) is 4.72. The van der Waals surface area contributed by atoms with Crippen LogP contribution in [0.25, 0.3) is 11.0 Å². The number of aliphatic hydroxyl groups excluding tert-OH is 1. The van der Waals surface area contributed by atoms with E-state index >= 15 is 0 Å². The minimum atomic E-state index is -1.43. The van der Waals surface area contributed by atoms with Crippen molar-refractivity contribution in [1.29, 1.82) is 0 Å². The maximum Gasteiger partial charge on any atom is 0.404 e. The molecule has 0 radical (unpaired) electrons. The molecule has 11 nitrogen and oxygen atoms in total. The summed E-state index contributed by atoms with van der Waals surface area (Å²) in [7, 11) is 1.39. The summed E-state index contributed by atoms with van der Waals surface area (Å²) in [5.74, 6) is -0.136. The minimum Gasteiger partial charge on any atom is -0.462 e. The zero-order valence-electron chi connectivity index (χ0n) is 18.3. The molecule has 2 heterocycles. The zero-order chi connectivity index (χ0) is 23.8. The molecule has 2 aromatic rings. The van der Waals surface area contributed by atoms with Crippen molar-refractivity contribution in [3.8, 4) is 5.75 Å². The Morgan fingerprint density at radius 3 is 2.56 bits per heavy atom. The molecule has 4 N–H and O–H groups in total. The number of carbonyl (C=O) groups excluding carboxylic acids is 2. The Kier molecular flexibility index (Phi) is 6.44. The highest BCUT2D eigenvalue weighted by Gasteiger charge is 2.53. The SMILES string of the molecule is CO[C@@H]1[C@@H](OC(N)=O)C(O)[C@H](Oc2ccc3cc(NC(C)=O)c(=O)oc3c2C)OC1(C)C. The Balaban J connectivity index is 1.95. The first-order valence-electron chi connectivity index (χ1n) is 9.81. The van der Waals surface area contributed by atoms with Crippen molar-refractivity contribution in [2.75, 3.05) is 12.4 Å². The minimum absolute atomic E-state index is 0.0166. The van der Waals surface area contributed by atoms with Crippen molar-refractivity contribution in [2.24, 2.45) is 5.73 Å². The molecule has 0 spiro atoms. The van der Waals surface area contributed by atoms with E-state index < -0.39 is 47.8 Å². The lowest BCUT2D eigenvalue weighted by atomic mass is 9.89. The number of nitrogens with two attached hydrogens (primary N) is 1. The molecule has 1 aliphatic rings. The summed E-state index contributed by atoms with van der Waals surface area (Å²) in [6.07, 6.45) is -5.71. The number of anilines is 1. The van der Waals surface area contributed by atoms with Gasteiger partial charge in [-0.1, -0.05) is 0 Å². The second-order valence-electron chi connectivity index (χ2n) is 7.99. The van der Waals surface area contributed by atoms with Crippen molar-refractivity contribution < 1.29 is 38.1 Å². The lowest BCUT2D eigenvalue weighted by Gasteiger charge is -2.47. The van der Waals surface area contributed by atoms with E-state index in [4.69, 9.17) is 29.1 Å². The van der Waals surface area contributed by atoms with E-state index in [-0.39, 0.29) is 17.0 Å². The molecule has 1 aliphatic heterocycles. The van der Waals surface area contributed by atoms with Gasteiger partial charge in [-0.3, -0.25) is 4.79 Å². The Bertz CT molecular complexity index is 1090. The fourth-order valence-corrected chi connectivity index (χ4v) is 3.78. The number of amides is 2. The third kappa shape index (κ3) is 4.54. The van der Waals surface area contributed by atoms with Gasteiger partial charge in [-0.05, 0) is 39.0 Å². The number of aliphatic hydroxyl groups is 1. The van der Waals surface area contributed by atoms with Gasteiger partial charge in [-0.2, -0.15) is 0 Å². The van der Waals surface area contributed by atoms with Crippen LogP contribution in [-0.2, 0) is 19.0 Å². The number of benzene rings is 1. The molecule has 1 aromatic heterocycles. The lowest BCUT2D eigenvalue weighted by Crippen LogP contribution is -2.65. The van der Waals surface area contributed by atoms with Crippen LogP contribution >= 0.6 is 0 Å². The molecule has 2 amide bonds. The maximum absolute atomic E-state index is 12.2. The van der Waals surface area contributed by atoms with Crippen LogP contribution < -0.4 is 21.4 Å². The molecule has 32 heavy (non-hydrogen) atoms. The van der Waals surface area contributed by atoms with E-state index in [0.717, 1.165) is 0 Å². The van der Waals surface area contributed by atoms with Gasteiger partial charge in [0.15, 0.2) is 12.2 Å². The molecule has 174 valence electrons. The highest BCUT2D eigenvalue weighted by Crippen LogP contribution is 2.36. The van der Waals surface area contributed by atoms with Gasteiger partial charge in [0.05, 0.1) is 5.60 Å². The molecular weight excluding hydrogens is 424 g/mol. The zero-order valence-corrected chi connectivity index (χ0v) is 18.3. The molecular formula is C21H26N2O9. The van der Waals surface area contributed by atoms with Crippen LogP contribution in [0.5, 0.6) is 5.75 Å². The van der Waals surface area contributed by atoms with Crippen LogP contribution in [0.2, 0.25) is 0 Å². The monoisotopic (exact) mass is 450 g/mol. The van der Waals surface area contributed by atoms with Crippen LogP contribution in [0.4, 0.5) is 10.5 Å². The molecule has 1 unspecified atom stereocenters. The lowest BCUT2D eigenvalue weighted by molar-refractivity contribution is -0.304. The number of hydrogen-bond acceptors (Lipinski definition) is 9. The summed E-state index contributed by atoms with van der Waals surface area (Å²) >= 11 is 0. The van der Waals surface area contributed by atoms with Crippen LogP contribution in [0.15, 0.2) is 27.4 Å². The summed E-state index contributed by atoms with van der Waals surface area (Å²) < 4.78 is 27.6. The van der Waals surface area contributed by atoms with E-state index in [2.05, 4.69) is 5.32 Å². The number of primary amides is 1. The van der Waals surface area contributed by atoms with Crippen molar-refractivity contribution in [3.63, 3.8) is 0 Å². The van der Waals surface area contributed by atoms with Gasteiger partial charge in [-0.25, -0.2) is 9.59 Å². The average Bonchev–Trinajstić information content (AvgIpc) is 2.68. The smallest absolute Gasteiger partial charge is 0.404 e. The highest BCUT2D eigenvalue weighted by molar-refractivity contribution is 5.91. The van der Waals surface area contributed by atoms with Gasteiger partial charge in [0, 0.05) is 25.0 Å². The van der Waals surface area contributed by atoms with E-state index in [0.29, 0.717) is 10.9 Å². The number of carbonyl (C=O) groups is 2. The van der Waals surface area contributed by atoms with E-state index in [1.165, 1.54) is 20.1 Å². The Morgan fingerprint density at radius 2 is 1.97 bits per heavy atom. The summed E-state index contributed by atoms with van der Waals surface area (Å²) in [6.45, 7) is 6.33. The van der Waals surface area contributed by atoms with Gasteiger partial charge >= 0.3 is 11.7 Å². The number of nitrogens with one attached hydrogen (secondary N) is 1.